The third-order valence-corrected chi connectivity index (χ3v) is 11.0. The molecule has 1 aliphatic heterocycles. The van der Waals surface area contributed by atoms with Gasteiger partial charge in [-0.15, -0.1) is 22.7 Å². The number of fused-ring (bicyclic) bond motifs is 1. The molecule has 9 nitrogen and oxygen atoms in total. The van der Waals surface area contributed by atoms with E-state index in [9.17, 15) is 26.4 Å². The molecule has 0 bridgehead atoms. The number of halogens is 3. The summed E-state index contributed by atoms with van der Waals surface area (Å²) in [6.07, 6.45) is -3.32. The van der Waals surface area contributed by atoms with Crippen LogP contribution < -0.4 is 4.31 Å². The fourth-order valence-corrected chi connectivity index (χ4v) is 8.26. The predicted octanol–water partition coefficient (Wildman–Crippen LogP) is 5.65. The number of piperidine rings is 1. The number of para-hydroxylation sites is 1. The Kier molecular flexibility index (Phi) is 9.23. The molecule has 0 amide bonds. The van der Waals surface area contributed by atoms with Crippen molar-refractivity contribution in [3.05, 3.63) is 52.9 Å². The van der Waals surface area contributed by atoms with Gasteiger partial charge in [0.1, 0.15) is 15.3 Å². The van der Waals surface area contributed by atoms with Gasteiger partial charge in [0.25, 0.3) is 10.0 Å². The predicted molar refractivity (Wildman–Crippen MR) is 155 cm³/mol. The van der Waals surface area contributed by atoms with Crippen LogP contribution in [0.15, 0.2) is 52.2 Å². The number of alkyl halides is 3. The fraction of sp³-hybridized carbons (Fsp3) is 0.407. The zero-order valence-electron chi connectivity index (χ0n) is 22.6. The van der Waals surface area contributed by atoms with Gasteiger partial charge >= 0.3 is 12.1 Å². The molecule has 0 aliphatic carbocycles. The highest BCUT2D eigenvalue weighted by Crippen LogP contribution is 2.36. The average Bonchev–Trinajstić information content (AvgIpc) is 3.73. The van der Waals surface area contributed by atoms with E-state index in [-0.39, 0.29) is 17.4 Å². The number of likely N-dealkylation sites (tertiary alicyclic amines) is 1. The monoisotopic (exact) mass is 642 g/mol. The molecule has 1 aliphatic rings. The van der Waals surface area contributed by atoms with Gasteiger partial charge < -0.3 is 14.5 Å². The Morgan fingerprint density at radius 2 is 2.00 bits per heavy atom. The number of nitrogens with one attached hydrogen (secondary N) is 1. The van der Waals surface area contributed by atoms with Crippen LogP contribution in [0.3, 0.4) is 0 Å². The lowest BCUT2D eigenvalue weighted by Gasteiger charge is -2.31. The first-order valence-electron chi connectivity index (χ1n) is 13.3. The molecule has 0 unspecified atom stereocenters. The molecule has 0 radical (unpaired) electrons. The van der Waals surface area contributed by atoms with Gasteiger partial charge in [-0.1, -0.05) is 18.2 Å². The first-order chi connectivity index (χ1) is 20.1. The lowest BCUT2D eigenvalue weighted by atomic mass is 10.1. The number of sulfonamides is 1. The maximum Gasteiger partial charge on any atom is 0.490 e. The summed E-state index contributed by atoms with van der Waals surface area (Å²) in [7, 11) is -3.82. The third kappa shape index (κ3) is 6.80. The molecule has 0 saturated carbocycles. The van der Waals surface area contributed by atoms with Crippen molar-refractivity contribution in [1.29, 1.82) is 0 Å². The topological polar surface area (TPSA) is 105 Å². The van der Waals surface area contributed by atoms with E-state index in [2.05, 4.69) is 19.6 Å². The molecule has 5 rings (SSSR count). The number of aromatic nitrogens is 2. The Morgan fingerprint density at radius 3 is 2.69 bits per heavy atom. The van der Waals surface area contributed by atoms with Crippen LogP contribution in [-0.4, -0.2) is 74.4 Å². The number of carbonyl (C=O) groups excluding carboxylic acids is 1. The number of hydrogen-bond acceptors (Lipinski definition) is 9. The number of ether oxygens (including phenoxy) is 2. The van der Waals surface area contributed by atoms with Crippen molar-refractivity contribution in [2.75, 3.05) is 37.2 Å². The number of benzene rings is 1. The molecule has 4 heterocycles. The van der Waals surface area contributed by atoms with Gasteiger partial charge in [-0.3, -0.25) is 9.21 Å². The summed E-state index contributed by atoms with van der Waals surface area (Å²) < 4.78 is 76.4. The summed E-state index contributed by atoms with van der Waals surface area (Å²) in [6.45, 7) is 4.27. The molecule has 0 atom stereocenters. The van der Waals surface area contributed by atoms with Crippen LogP contribution >= 0.6 is 22.7 Å². The standard InChI is InChI=1S/C27H29F3N4O5S3/c1-2-38-13-12-34(42(36,37)23-7-4-14-40-23)22-6-3-5-18-15-21(32-24(18)22)25-31-16-20(41-25)17-33-10-8-19(9-11-33)39-26(35)27(28,29)30/h3-7,14-16,19,32H,2,8-13,17H2,1H3. The first kappa shape index (κ1) is 30.5. The normalized spacial score (nSPS) is 15.3. The quantitative estimate of drug-likeness (QED) is 0.166. The lowest BCUT2D eigenvalue weighted by Crippen LogP contribution is -2.39. The molecule has 42 heavy (non-hydrogen) atoms. The van der Waals surface area contributed by atoms with E-state index in [1.807, 2.05) is 25.1 Å². The Labute approximate surface area is 248 Å². The van der Waals surface area contributed by atoms with Crippen molar-refractivity contribution < 1.29 is 35.9 Å². The highest BCUT2D eigenvalue weighted by molar-refractivity contribution is 7.94. The Balaban J connectivity index is 1.32. The molecule has 1 aromatic carbocycles. The van der Waals surface area contributed by atoms with Gasteiger partial charge in [0.2, 0.25) is 0 Å². The van der Waals surface area contributed by atoms with Gasteiger partial charge in [-0.05, 0) is 43.3 Å². The number of thiazole rings is 1. The minimum Gasteiger partial charge on any atom is -0.456 e. The van der Waals surface area contributed by atoms with Crippen LogP contribution in [-0.2, 0) is 30.8 Å². The summed E-state index contributed by atoms with van der Waals surface area (Å²) in [4.78, 5) is 22.1. The number of aromatic amines is 1. The van der Waals surface area contributed by atoms with Crippen LogP contribution in [0.4, 0.5) is 18.9 Å². The van der Waals surface area contributed by atoms with E-state index in [1.165, 1.54) is 15.6 Å². The maximum absolute atomic E-state index is 13.6. The Morgan fingerprint density at radius 1 is 1.21 bits per heavy atom. The van der Waals surface area contributed by atoms with E-state index < -0.39 is 28.3 Å². The van der Waals surface area contributed by atoms with Crippen LogP contribution in [0, 0.1) is 0 Å². The second-order valence-electron chi connectivity index (χ2n) is 9.64. The lowest BCUT2D eigenvalue weighted by molar-refractivity contribution is -0.206. The number of hydrogen-bond donors (Lipinski definition) is 1. The average molecular weight is 643 g/mol. The molecular formula is C27H29F3N4O5S3. The molecule has 1 saturated heterocycles. The number of nitrogens with zero attached hydrogens (tertiary/aromatic N) is 3. The van der Waals surface area contributed by atoms with E-state index >= 15 is 0 Å². The molecule has 226 valence electrons. The third-order valence-electron chi connectivity index (χ3n) is 6.79. The summed E-state index contributed by atoms with van der Waals surface area (Å²) in [5.74, 6) is -2.14. The van der Waals surface area contributed by atoms with Gasteiger partial charge in [-0.2, -0.15) is 13.2 Å². The number of thiophene rings is 1. The van der Waals surface area contributed by atoms with Crippen LogP contribution in [0.1, 0.15) is 24.6 Å². The van der Waals surface area contributed by atoms with Crippen LogP contribution in [0.5, 0.6) is 0 Å². The van der Waals surface area contributed by atoms with Crippen molar-refractivity contribution in [3.8, 4) is 10.7 Å². The summed E-state index contributed by atoms with van der Waals surface area (Å²) in [6, 6.07) is 10.7. The van der Waals surface area contributed by atoms with E-state index in [4.69, 9.17) is 4.74 Å². The SMILES string of the molecule is CCOCCN(c1cccc2cc(-c3ncc(CN4CCC(OC(=O)C(F)(F)F)CC4)s3)[nH]c12)S(=O)(=O)c1cccs1. The minimum absolute atomic E-state index is 0.148. The van der Waals surface area contributed by atoms with E-state index in [0.717, 1.165) is 32.3 Å². The second-order valence-corrected chi connectivity index (χ2v) is 13.8. The van der Waals surface area contributed by atoms with Crippen molar-refractivity contribution >= 4 is 55.3 Å². The minimum atomic E-state index is -4.99. The maximum atomic E-state index is 13.6. The zero-order valence-corrected chi connectivity index (χ0v) is 25.0. The summed E-state index contributed by atoms with van der Waals surface area (Å²) in [5, 5.41) is 3.28. The molecule has 0 spiro atoms. The molecule has 1 N–H and O–H groups in total. The van der Waals surface area contributed by atoms with Gasteiger partial charge in [0.05, 0.1) is 30.0 Å². The molecule has 15 heteroatoms. The smallest absolute Gasteiger partial charge is 0.456 e. The van der Waals surface area contributed by atoms with Crippen molar-refractivity contribution in [1.82, 2.24) is 14.9 Å². The number of H-pyrrole nitrogens is 1. The fourth-order valence-electron chi connectivity index (χ4n) is 4.77. The number of esters is 1. The number of rotatable bonds is 11. The molecule has 4 aromatic rings. The highest BCUT2D eigenvalue weighted by Gasteiger charge is 2.42. The summed E-state index contributed by atoms with van der Waals surface area (Å²) >= 11 is 2.64. The second kappa shape index (κ2) is 12.7. The van der Waals surface area contributed by atoms with E-state index in [1.54, 1.807) is 29.8 Å². The summed E-state index contributed by atoms with van der Waals surface area (Å²) in [5.41, 5.74) is 1.92. The van der Waals surface area contributed by atoms with Crippen molar-refractivity contribution in [3.63, 3.8) is 0 Å². The largest absolute Gasteiger partial charge is 0.490 e. The van der Waals surface area contributed by atoms with Crippen molar-refractivity contribution in [2.45, 2.75) is 42.8 Å². The Bertz CT molecular complexity index is 1610. The zero-order chi connectivity index (χ0) is 29.9. The van der Waals surface area contributed by atoms with Crippen molar-refractivity contribution in [2.24, 2.45) is 0 Å². The number of carbonyl (C=O) groups is 1. The molecule has 1 fully saturated rings. The van der Waals surface area contributed by atoms with E-state index in [0.29, 0.717) is 50.3 Å². The number of anilines is 1. The van der Waals surface area contributed by atoms with Gasteiger partial charge in [-0.25, -0.2) is 18.2 Å². The first-order valence-corrected chi connectivity index (χ1v) is 16.4. The van der Waals surface area contributed by atoms with Crippen LogP contribution in [0.2, 0.25) is 0 Å². The highest BCUT2D eigenvalue weighted by atomic mass is 32.2. The molecular weight excluding hydrogens is 614 g/mol. The van der Waals surface area contributed by atoms with Gasteiger partial charge in [0, 0.05) is 42.7 Å². The van der Waals surface area contributed by atoms with Gasteiger partial charge in [0.15, 0.2) is 0 Å². The Hall–Kier alpha value is -2.98. The molecule has 3 aromatic heterocycles. The van der Waals surface area contributed by atoms with Crippen LogP contribution in [0.25, 0.3) is 21.6 Å².